The van der Waals surface area contributed by atoms with Gasteiger partial charge in [0.05, 0.1) is 6.04 Å². The lowest BCUT2D eigenvalue weighted by Gasteiger charge is -2.30. The molecule has 6 heteroatoms. The minimum atomic E-state index is -0.618. The molecule has 0 spiro atoms. The molecule has 0 saturated carbocycles. The van der Waals surface area contributed by atoms with Crippen molar-refractivity contribution in [3.63, 3.8) is 0 Å². The summed E-state index contributed by atoms with van der Waals surface area (Å²) in [6.45, 7) is -0.391. The summed E-state index contributed by atoms with van der Waals surface area (Å²) in [5, 5.41) is 2.77. The monoisotopic (exact) mass is 390 g/mol. The van der Waals surface area contributed by atoms with Gasteiger partial charge in [0, 0.05) is 11.3 Å². The molecule has 1 heterocycles. The van der Waals surface area contributed by atoms with Crippen molar-refractivity contribution in [2.75, 3.05) is 18.5 Å². The Balaban J connectivity index is 1.71. The van der Waals surface area contributed by atoms with Gasteiger partial charge in [-0.25, -0.2) is 4.39 Å². The van der Waals surface area contributed by atoms with Crippen LogP contribution in [0.5, 0.6) is 5.75 Å². The summed E-state index contributed by atoms with van der Waals surface area (Å²) in [7, 11) is 0. The Morgan fingerprint density at radius 2 is 1.72 bits per heavy atom. The number of hydrogen-bond donors (Lipinski definition) is 1. The van der Waals surface area contributed by atoms with E-state index in [0.717, 1.165) is 5.56 Å². The number of nitrogens with zero attached hydrogens (tertiary/aromatic N) is 1. The molecule has 0 fully saturated rings. The van der Waals surface area contributed by atoms with Crippen LogP contribution < -0.4 is 10.1 Å². The van der Waals surface area contributed by atoms with E-state index in [2.05, 4.69) is 5.32 Å². The summed E-state index contributed by atoms with van der Waals surface area (Å²) in [5.41, 5.74) is 1.79. The average molecular weight is 390 g/mol. The molecule has 0 radical (unpaired) electrons. The number of rotatable bonds is 4. The van der Waals surface area contributed by atoms with Crippen molar-refractivity contribution in [3.05, 3.63) is 95.8 Å². The highest BCUT2D eigenvalue weighted by Crippen LogP contribution is 2.36. The number of fused-ring (bicyclic) bond motifs is 1. The van der Waals surface area contributed by atoms with Crippen molar-refractivity contribution < 1.29 is 18.7 Å². The van der Waals surface area contributed by atoms with Gasteiger partial charge in [-0.2, -0.15) is 0 Å². The van der Waals surface area contributed by atoms with Gasteiger partial charge in [-0.1, -0.05) is 48.5 Å². The summed E-state index contributed by atoms with van der Waals surface area (Å²) in [5.74, 6) is -0.587. The fourth-order valence-electron chi connectivity index (χ4n) is 3.45. The van der Waals surface area contributed by atoms with Crippen molar-refractivity contribution in [2.24, 2.45) is 0 Å². The topological polar surface area (TPSA) is 58.6 Å². The third kappa shape index (κ3) is 4.11. The van der Waals surface area contributed by atoms with Crippen LogP contribution in [-0.4, -0.2) is 29.9 Å². The fourth-order valence-corrected chi connectivity index (χ4v) is 3.45. The molecule has 1 aliphatic heterocycles. The lowest BCUT2D eigenvalue weighted by Crippen LogP contribution is -2.41. The number of ether oxygens (including phenoxy) is 1. The maximum atomic E-state index is 14.1. The number of para-hydroxylation sites is 1. The molecule has 3 aromatic rings. The minimum absolute atomic E-state index is 0.160. The highest BCUT2D eigenvalue weighted by molar-refractivity contribution is 5.97. The summed E-state index contributed by atoms with van der Waals surface area (Å²) < 4.78 is 19.7. The van der Waals surface area contributed by atoms with Gasteiger partial charge in [-0.05, 0) is 35.9 Å². The van der Waals surface area contributed by atoms with Crippen LogP contribution in [0.15, 0.2) is 78.9 Å². The molecule has 4 rings (SSSR count). The van der Waals surface area contributed by atoms with Crippen molar-refractivity contribution in [3.8, 4) is 5.75 Å². The van der Waals surface area contributed by atoms with Crippen molar-refractivity contribution in [2.45, 2.75) is 6.04 Å². The van der Waals surface area contributed by atoms with Crippen LogP contribution >= 0.6 is 0 Å². The van der Waals surface area contributed by atoms with E-state index in [9.17, 15) is 14.0 Å². The standard InChI is InChI=1S/C23H19FN2O3/c24-17-11-12-20-19(13-17)23(16-7-3-1-4-8-16)26(14-21(27)25-20)22(28)15-29-18-9-5-2-6-10-18/h1-13,23H,14-15H2,(H,25,27). The van der Waals surface area contributed by atoms with Gasteiger partial charge in [-0.15, -0.1) is 0 Å². The van der Waals surface area contributed by atoms with Gasteiger partial charge in [0.1, 0.15) is 18.1 Å². The van der Waals surface area contributed by atoms with E-state index < -0.39 is 11.9 Å². The van der Waals surface area contributed by atoms with Gasteiger partial charge < -0.3 is 15.0 Å². The average Bonchev–Trinajstić information content (AvgIpc) is 2.89. The highest BCUT2D eigenvalue weighted by atomic mass is 19.1. The summed E-state index contributed by atoms with van der Waals surface area (Å²) in [4.78, 5) is 27.0. The van der Waals surface area contributed by atoms with Crippen LogP contribution in [-0.2, 0) is 9.59 Å². The molecule has 29 heavy (non-hydrogen) atoms. The van der Waals surface area contributed by atoms with E-state index >= 15 is 0 Å². The Labute approximate surface area is 167 Å². The van der Waals surface area contributed by atoms with Gasteiger partial charge in [0.2, 0.25) is 5.91 Å². The lowest BCUT2D eigenvalue weighted by atomic mass is 9.95. The first kappa shape index (κ1) is 18.7. The first-order valence-electron chi connectivity index (χ1n) is 9.23. The molecule has 5 nitrogen and oxygen atoms in total. The van der Waals surface area contributed by atoms with Crippen molar-refractivity contribution in [1.29, 1.82) is 0 Å². The molecular formula is C23H19FN2O3. The number of carbonyl (C=O) groups excluding carboxylic acids is 2. The number of anilines is 1. The zero-order valence-electron chi connectivity index (χ0n) is 15.5. The van der Waals surface area contributed by atoms with E-state index in [0.29, 0.717) is 17.0 Å². The Morgan fingerprint density at radius 1 is 1.03 bits per heavy atom. The van der Waals surface area contributed by atoms with Crippen molar-refractivity contribution >= 4 is 17.5 Å². The van der Waals surface area contributed by atoms with E-state index in [1.54, 1.807) is 12.1 Å². The van der Waals surface area contributed by atoms with Crippen LogP contribution in [0.25, 0.3) is 0 Å². The maximum absolute atomic E-state index is 14.1. The van der Waals surface area contributed by atoms with Crippen LogP contribution in [0.3, 0.4) is 0 Å². The lowest BCUT2D eigenvalue weighted by molar-refractivity contribution is -0.138. The molecule has 0 saturated heterocycles. The zero-order valence-corrected chi connectivity index (χ0v) is 15.5. The van der Waals surface area contributed by atoms with Crippen LogP contribution in [0.1, 0.15) is 17.2 Å². The predicted molar refractivity (Wildman–Crippen MR) is 107 cm³/mol. The van der Waals surface area contributed by atoms with E-state index in [-0.39, 0.29) is 25.0 Å². The molecule has 0 bridgehead atoms. The molecule has 1 aliphatic rings. The van der Waals surface area contributed by atoms with Gasteiger partial charge in [0.25, 0.3) is 5.91 Å². The molecular weight excluding hydrogens is 371 g/mol. The first-order chi connectivity index (χ1) is 14.1. The molecule has 1 atom stereocenters. The predicted octanol–water partition coefficient (Wildman–Crippen LogP) is 3.77. The van der Waals surface area contributed by atoms with Crippen LogP contribution in [0, 0.1) is 5.82 Å². The van der Waals surface area contributed by atoms with E-state index in [1.165, 1.54) is 23.1 Å². The number of carbonyl (C=O) groups is 2. The Morgan fingerprint density at radius 3 is 2.45 bits per heavy atom. The van der Waals surface area contributed by atoms with Gasteiger partial charge >= 0.3 is 0 Å². The summed E-state index contributed by atoms with van der Waals surface area (Å²) in [6, 6.07) is 21.8. The second kappa shape index (κ2) is 8.14. The maximum Gasteiger partial charge on any atom is 0.261 e. The van der Waals surface area contributed by atoms with Crippen LogP contribution in [0.4, 0.5) is 10.1 Å². The largest absolute Gasteiger partial charge is 0.484 e. The molecule has 0 aliphatic carbocycles. The summed E-state index contributed by atoms with van der Waals surface area (Å²) in [6.07, 6.45) is 0. The SMILES string of the molecule is O=C1CN(C(=O)COc2ccccc2)C(c2ccccc2)c2cc(F)ccc2N1. The van der Waals surface area contributed by atoms with Crippen LogP contribution in [0.2, 0.25) is 0 Å². The van der Waals surface area contributed by atoms with E-state index in [4.69, 9.17) is 4.74 Å². The molecule has 0 aromatic heterocycles. The third-order valence-corrected chi connectivity index (χ3v) is 4.75. The second-order valence-electron chi connectivity index (χ2n) is 6.72. The quantitative estimate of drug-likeness (QED) is 0.738. The zero-order chi connectivity index (χ0) is 20.2. The number of benzene rings is 3. The minimum Gasteiger partial charge on any atom is -0.484 e. The first-order valence-corrected chi connectivity index (χ1v) is 9.23. The highest BCUT2D eigenvalue weighted by Gasteiger charge is 2.33. The molecule has 1 unspecified atom stereocenters. The van der Waals surface area contributed by atoms with E-state index in [1.807, 2.05) is 48.5 Å². The Hall–Kier alpha value is -3.67. The molecule has 146 valence electrons. The van der Waals surface area contributed by atoms with Gasteiger partial charge in [-0.3, -0.25) is 9.59 Å². The molecule has 1 N–H and O–H groups in total. The number of halogens is 1. The number of nitrogens with one attached hydrogen (secondary N) is 1. The molecule has 2 amide bonds. The molecule has 3 aromatic carbocycles. The summed E-state index contributed by atoms with van der Waals surface area (Å²) >= 11 is 0. The smallest absolute Gasteiger partial charge is 0.261 e. The Bertz CT molecular complexity index is 1020. The third-order valence-electron chi connectivity index (χ3n) is 4.75. The Kier molecular flexibility index (Phi) is 5.24. The number of amides is 2. The van der Waals surface area contributed by atoms with Gasteiger partial charge in [0.15, 0.2) is 6.61 Å². The number of hydrogen-bond acceptors (Lipinski definition) is 3. The fraction of sp³-hybridized carbons (Fsp3) is 0.130. The normalized spacial score (nSPS) is 15.8. The van der Waals surface area contributed by atoms with Crippen molar-refractivity contribution in [1.82, 2.24) is 4.90 Å². The second-order valence-corrected chi connectivity index (χ2v) is 6.72.